The van der Waals surface area contributed by atoms with Gasteiger partial charge in [-0.3, -0.25) is 9.89 Å². The number of H-pyrrole nitrogens is 1. The molecule has 1 saturated heterocycles. The molecule has 2 N–H and O–H groups in total. The third-order valence-corrected chi connectivity index (χ3v) is 7.37. The third kappa shape index (κ3) is 3.65. The average Bonchev–Trinajstić information content (AvgIpc) is 3.66. The molecule has 7 rings (SSSR count). The van der Waals surface area contributed by atoms with Crippen LogP contribution in [0, 0.1) is 0 Å². The van der Waals surface area contributed by atoms with Crippen LogP contribution in [-0.2, 0) is 11.3 Å². The number of imidazole rings is 1. The first-order valence-electron chi connectivity index (χ1n) is 12.5. The van der Waals surface area contributed by atoms with Crippen molar-refractivity contribution in [2.24, 2.45) is 0 Å². The summed E-state index contributed by atoms with van der Waals surface area (Å²) in [5.74, 6) is 1.57. The smallest absolute Gasteiger partial charge is 0.245 e. The van der Waals surface area contributed by atoms with E-state index in [1.807, 2.05) is 48.6 Å². The Balaban J connectivity index is 1.31. The molecule has 11 heteroatoms. The van der Waals surface area contributed by atoms with E-state index in [-0.39, 0.29) is 18.0 Å². The van der Waals surface area contributed by atoms with Crippen LogP contribution in [-0.4, -0.2) is 77.7 Å². The summed E-state index contributed by atoms with van der Waals surface area (Å²) >= 11 is 0. The summed E-state index contributed by atoms with van der Waals surface area (Å²) < 4.78 is 2.17. The molecule has 1 amide bonds. The molecule has 2 atom stereocenters. The number of rotatable bonds is 1. The van der Waals surface area contributed by atoms with Gasteiger partial charge in [-0.15, -0.1) is 0 Å². The van der Waals surface area contributed by atoms with Crippen LogP contribution in [0.2, 0.25) is 0 Å². The van der Waals surface area contributed by atoms with Crippen molar-refractivity contribution in [1.29, 1.82) is 0 Å². The standard InChI is InChI=1S/C26H26N10O/c1-34-9-4-10-35-15-29-20-7-2-5-17(23(20)35)19-6-3-8-22(32-19)31-16-11-21(26(34)37)36(13-16)25-18-12-30-33-24(18)27-14-28-25/h2-3,5-8,12,14-16,21H,4,9-11,13H2,1H3,(H,31,32)(H,27,28,30,33)/t16-,21-/m0/s1. The number of likely N-dealkylation sites (N-methyl/N-ethyl adjacent to an activating group) is 1. The predicted octanol–water partition coefficient (Wildman–Crippen LogP) is 2.69. The molecule has 5 aromatic rings. The lowest BCUT2D eigenvalue weighted by atomic mass is 10.1. The number of para-hydroxylation sites is 1. The normalized spacial score (nSPS) is 20.2. The van der Waals surface area contributed by atoms with Crippen LogP contribution in [0.4, 0.5) is 11.6 Å². The number of aromatic amines is 1. The molecule has 11 nitrogen and oxygen atoms in total. The quantitative estimate of drug-likeness (QED) is 0.365. The van der Waals surface area contributed by atoms with Crippen molar-refractivity contribution in [2.45, 2.75) is 31.5 Å². The molecule has 37 heavy (non-hydrogen) atoms. The van der Waals surface area contributed by atoms with Gasteiger partial charge in [0.2, 0.25) is 5.91 Å². The van der Waals surface area contributed by atoms with Gasteiger partial charge in [0.05, 0.1) is 34.6 Å². The highest BCUT2D eigenvalue weighted by molar-refractivity contribution is 5.93. The number of carbonyl (C=O) groups is 1. The monoisotopic (exact) mass is 494 g/mol. The van der Waals surface area contributed by atoms with Gasteiger partial charge in [0.25, 0.3) is 0 Å². The minimum absolute atomic E-state index is 0.00784. The second kappa shape index (κ2) is 8.54. The molecule has 0 aliphatic carbocycles. The summed E-state index contributed by atoms with van der Waals surface area (Å²) in [4.78, 5) is 36.1. The fraction of sp³-hybridized carbons (Fsp3) is 0.308. The third-order valence-electron chi connectivity index (χ3n) is 7.37. The van der Waals surface area contributed by atoms with Crippen LogP contribution in [0.15, 0.2) is 55.2 Å². The Labute approximate surface area is 212 Å². The fourth-order valence-corrected chi connectivity index (χ4v) is 5.61. The Hall–Kier alpha value is -4.54. The number of amides is 1. The van der Waals surface area contributed by atoms with Gasteiger partial charge >= 0.3 is 0 Å². The lowest BCUT2D eigenvalue weighted by Gasteiger charge is -2.28. The van der Waals surface area contributed by atoms with Crippen LogP contribution in [0.3, 0.4) is 0 Å². The van der Waals surface area contributed by atoms with E-state index in [9.17, 15) is 4.79 Å². The second-order valence-corrected chi connectivity index (χ2v) is 9.71. The van der Waals surface area contributed by atoms with E-state index in [2.05, 4.69) is 46.0 Å². The summed E-state index contributed by atoms with van der Waals surface area (Å²) in [6.45, 7) is 2.00. The minimum Gasteiger partial charge on any atom is -0.365 e. The van der Waals surface area contributed by atoms with Crippen molar-refractivity contribution in [3.8, 4) is 11.3 Å². The van der Waals surface area contributed by atoms with Crippen molar-refractivity contribution in [3.63, 3.8) is 0 Å². The molecular weight excluding hydrogens is 468 g/mol. The SMILES string of the molecule is CN1CCCn2cnc3cccc(c32)-c2cccc(n2)N[C@H]2C[C@@H](C1=O)N(c1ncnc3[nH]ncc13)C2. The van der Waals surface area contributed by atoms with Gasteiger partial charge in [-0.05, 0) is 31.0 Å². The number of fused-ring (bicyclic) bond motifs is 6. The highest BCUT2D eigenvalue weighted by atomic mass is 16.2. The van der Waals surface area contributed by atoms with Crippen LogP contribution in [0.5, 0.6) is 0 Å². The van der Waals surface area contributed by atoms with Crippen molar-refractivity contribution in [1.82, 2.24) is 39.6 Å². The first-order valence-corrected chi connectivity index (χ1v) is 12.5. The number of nitrogens with one attached hydrogen (secondary N) is 2. The molecule has 2 aliphatic heterocycles. The van der Waals surface area contributed by atoms with Crippen molar-refractivity contribution in [3.05, 3.63) is 55.2 Å². The molecule has 4 bridgehead atoms. The van der Waals surface area contributed by atoms with Crippen LogP contribution in [0.25, 0.3) is 33.3 Å². The lowest BCUT2D eigenvalue weighted by molar-refractivity contribution is -0.131. The molecule has 0 radical (unpaired) electrons. The van der Waals surface area contributed by atoms with E-state index in [1.54, 1.807) is 6.20 Å². The van der Waals surface area contributed by atoms with E-state index in [0.29, 0.717) is 31.0 Å². The molecule has 0 spiro atoms. The molecule has 2 aliphatic rings. The second-order valence-electron chi connectivity index (χ2n) is 9.71. The molecular formula is C26H26N10O. The molecule has 1 fully saturated rings. The number of aryl methyl sites for hydroxylation is 1. The van der Waals surface area contributed by atoms with E-state index < -0.39 is 0 Å². The van der Waals surface area contributed by atoms with Crippen molar-refractivity contribution >= 4 is 39.6 Å². The van der Waals surface area contributed by atoms with Gasteiger partial charge in [0, 0.05) is 38.3 Å². The van der Waals surface area contributed by atoms with E-state index in [1.165, 1.54) is 6.33 Å². The van der Waals surface area contributed by atoms with E-state index in [4.69, 9.17) is 4.98 Å². The Kier molecular flexibility index (Phi) is 5.01. The Morgan fingerprint density at radius 2 is 1.97 bits per heavy atom. The van der Waals surface area contributed by atoms with Crippen LogP contribution < -0.4 is 10.2 Å². The summed E-state index contributed by atoms with van der Waals surface area (Å²) in [6, 6.07) is 11.8. The molecule has 0 saturated carbocycles. The molecule has 4 aromatic heterocycles. The van der Waals surface area contributed by atoms with Gasteiger partial charge in [0.15, 0.2) is 5.65 Å². The largest absolute Gasteiger partial charge is 0.365 e. The molecule has 186 valence electrons. The molecule has 1 aromatic carbocycles. The Bertz CT molecular complexity index is 1620. The molecule has 6 heterocycles. The maximum Gasteiger partial charge on any atom is 0.245 e. The minimum atomic E-state index is -0.360. The van der Waals surface area contributed by atoms with Gasteiger partial charge in [-0.1, -0.05) is 18.2 Å². The van der Waals surface area contributed by atoms with Gasteiger partial charge in [-0.25, -0.2) is 19.9 Å². The number of hydrogen-bond donors (Lipinski definition) is 2. The van der Waals surface area contributed by atoms with Gasteiger partial charge < -0.3 is 19.7 Å². The number of anilines is 2. The van der Waals surface area contributed by atoms with Gasteiger partial charge in [0.1, 0.15) is 24.0 Å². The van der Waals surface area contributed by atoms with Gasteiger partial charge in [-0.2, -0.15) is 5.10 Å². The van der Waals surface area contributed by atoms with Crippen LogP contribution in [0.1, 0.15) is 12.8 Å². The maximum absolute atomic E-state index is 13.8. The summed E-state index contributed by atoms with van der Waals surface area (Å²) in [7, 11) is 1.88. The zero-order chi connectivity index (χ0) is 24.9. The lowest BCUT2D eigenvalue weighted by Crippen LogP contribution is -2.45. The number of pyridine rings is 1. The van der Waals surface area contributed by atoms with Crippen molar-refractivity contribution < 1.29 is 4.79 Å². The highest BCUT2D eigenvalue weighted by Gasteiger charge is 2.40. The first kappa shape index (κ1) is 21.7. The predicted molar refractivity (Wildman–Crippen MR) is 140 cm³/mol. The Morgan fingerprint density at radius 3 is 2.92 bits per heavy atom. The van der Waals surface area contributed by atoms with Crippen molar-refractivity contribution in [2.75, 3.05) is 30.4 Å². The number of aromatic nitrogens is 7. The highest BCUT2D eigenvalue weighted by Crippen LogP contribution is 2.32. The summed E-state index contributed by atoms with van der Waals surface area (Å²) in [6.07, 6.45) is 6.56. The zero-order valence-electron chi connectivity index (χ0n) is 20.4. The fourth-order valence-electron chi connectivity index (χ4n) is 5.61. The topological polar surface area (TPSA) is 121 Å². The maximum atomic E-state index is 13.8. The first-order chi connectivity index (χ1) is 18.2. The Morgan fingerprint density at radius 1 is 1.05 bits per heavy atom. The number of carbonyl (C=O) groups excluding carboxylic acids is 1. The zero-order valence-corrected chi connectivity index (χ0v) is 20.4. The average molecular weight is 495 g/mol. The van der Waals surface area contributed by atoms with E-state index in [0.717, 1.165) is 46.5 Å². The molecule has 0 unspecified atom stereocenters. The van der Waals surface area contributed by atoms with E-state index >= 15 is 0 Å². The summed E-state index contributed by atoms with van der Waals surface area (Å²) in [5, 5.41) is 11.4. The van der Waals surface area contributed by atoms with Crippen LogP contribution >= 0.6 is 0 Å². The number of nitrogens with zero attached hydrogens (tertiary/aromatic N) is 8. The summed E-state index contributed by atoms with van der Waals surface area (Å²) in [5.41, 5.74) is 4.60. The number of benzene rings is 1. The number of hydrogen-bond acceptors (Lipinski definition) is 8.